The van der Waals surface area contributed by atoms with Crippen LogP contribution in [0.15, 0.2) is 30.3 Å². The Labute approximate surface area is 230 Å². The minimum absolute atomic E-state index is 0.0503. The number of piperidine rings is 1. The molecule has 2 aliphatic heterocycles. The van der Waals surface area contributed by atoms with Crippen molar-refractivity contribution in [3.63, 3.8) is 0 Å². The first kappa shape index (κ1) is 29.4. The molecule has 2 aliphatic rings. The van der Waals surface area contributed by atoms with Crippen LogP contribution in [-0.2, 0) is 22.2 Å². The summed E-state index contributed by atoms with van der Waals surface area (Å²) in [6.07, 6.45) is 0.223. The number of benzene rings is 2. The Bertz CT molecular complexity index is 1200. The van der Waals surface area contributed by atoms with E-state index in [0.717, 1.165) is 11.6 Å². The Morgan fingerprint density at radius 2 is 1.87 bits per heavy atom. The predicted octanol–water partition coefficient (Wildman–Crippen LogP) is 4.95. The average molecular weight is 563 g/mol. The molecule has 2 heterocycles. The van der Waals surface area contributed by atoms with Crippen molar-refractivity contribution in [1.29, 1.82) is 0 Å². The van der Waals surface area contributed by atoms with E-state index in [9.17, 15) is 14.3 Å². The fraction of sp³-hybridized carbons (Fsp3) is 0.552. The molecule has 214 valence electrons. The van der Waals surface area contributed by atoms with Gasteiger partial charge in [-0.25, -0.2) is 8.78 Å². The molecular formula is C29H40F2N2O5Si. The van der Waals surface area contributed by atoms with Gasteiger partial charge in [-0.2, -0.15) is 0 Å². The molecule has 1 saturated heterocycles. The number of amides is 1. The second-order valence-corrected chi connectivity index (χ2v) is 16.8. The first-order valence-corrected chi connectivity index (χ1v) is 16.3. The number of ether oxygens (including phenoxy) is 2. The van der Waals surface area contributed by atoms with Crippen LogP contribution >= 0.6 is 0 Å². The van der Waals surface area contributed by atoms with E-state index in [-0.39, 0.29) is 48.4 Å². The van der Waals surface area contributed by atoms with E-state index >= 15 is 4.39 Å². The van der Waals surface area contributed by atoms with Crippen LogP contribution in [0, 0.1) is 11.6 Å². The molecule has 0 aromatic heterocycles. The minimum Gasteiger partial charge on any atom is -0.497 e. The van der Waals surface area contributed by atoms with Crippen LogP contribution in [0.1, 0.15) is 44.7 Å². The second kappa shape index (κ2) is 11.2. The molecule has 1 fully saturated rings. The first-order valence-electron chi connectivity index (χ1n) is 13.4. The number of methoxy groups -OCH3 is 1. The molecule has 7 nitrogen and oxygen atoms in total. The number of hydrogen-bond acceptors (Lipinski definition) is 6. The highest BCUT2D eigenvalue weighted by Crippen LogP contribution is 2.42. The van der Waals surface area contributed by atoms with Gasteiger partial charge in [0.15, 0.2) is 20.0 Å². The molecule has 2 unspecified atom stereocenters. The number of carbonyl (C=O) groups is 1. The van der Waals surface area contributed by atoms with Gasteiger partial charge in [-0.1, -0.05) is 32.9 Å². The highest BCUT2D eigenvalue weighted by atomic mass is 28.4. The van der Waals surface area contributed by atoms with E-state index in [4.69, 9.17) is 13.9 Å². The number of halogens is 2. The van der Waals surface area contributed by atoms with Crippen LogP contribution in [0.3, 0.4) is 0 Å². The van der Waals surface area contributed by atoms with Crippen molar-refractivity contribution in [2.24, 2.45) is 0 Å². The van der Waals surface area contributed by atoms with Crippen LogP contribution in [0.5, 0.6) is 11.5 Å². The molecule has 0 saturated carbocycles. The predicted molar refractivity (Wildman–Crippen MR) is 149 cm³/mol. The van der Waals surface area contributed by atoms with E-state index < -0.39 is 31.7 Å². The van der Waals surface area contributed by atoms with Crippen LogP contribution in [0.2, 0.25) is 18.1 Å². The Kier molecular flexibility index (Phi) is 8.42. The summed E-state index contributed by atoms with van der Waals surface area (Å²) in [5.74, 6) is -1.70. The van der Waals surface area contributed by atoms with E-state index in [1.807, 2.05) is 0 Å². The molecule has 1 amide bonds. The lowest BCUT2D eigenvalue weighted by Gasteiger charge is -2.46. The molecule has 2 aromatic rings. The van der Waals surface area contributed by atoms with Crippen molar-refractivity contribution in [3.05, 3.63) is 53.1 Å². The summed E-state index contributed by atoms with van der Waals surface area (Å²) in [5, 5.41) is 14.9. The maximum atomic E-state index is 15.2. The number of anilines is 1. The highest BCUT2D eigenvalue weighted by molar-refractivity contribution is 6.74. The Balaban J connectivity index is 1.61. The van der Waals surface area contributed by atoms with Gasteiger partial charge in [0, 0.05) is 24.6 Å². The Morgan fingerprint density at radius 3 is 2.51 bits per heavy atom. The summed E-state index contributed by atoms with van der Waals surface area (Å²) >= 11 is 0. The van der Waals surface area contributed by atoms with Gasteiger partial charge in [-0.3, -0.25) is 4.79 Å². The second-order valence-electron chi connectivity index (χ2n) is 12.0. The molecule has 2 atom stereocenters. The molecule has 4 rings (SSSR count). The molecular weight excluding hydrogens is 522 g/mol. The van der Waals surface area contributed by atoms with Crippen molar-refractivity contribution >= 4 is 19.9 Å². The van der Waals surface area contributed by atoms with Crippen LogP contribution in [0.4, 0.5) is 14.5 Å². The van der Waals surface area contributed by atoms with Crippen molar-refractivity contribution in [3.8, 4) is 11.5 Å². The topological polar surface area (TPSA) is 80.3 Å². The van der Waals surface area contributed by atoms with Gasteiger partial charge in [0.05, 0.1) is 25.4 Å². The number of nitrogens with zero attached hydrogens (tertiary/aromatic N) is 1. The molecule has 0 aliphatic carbocycles. The van der Waals surface area contributed by atoms with Crippen molar-refractivity contribution in [1.82, 2.24) is 5.32 Å². The van der Waals surface area contributed by atoms with Gasteiger partial charge in [-0.05, 0) is 55.2 Å². The molecule has 10 heteroatoms. The molecule has 2 N–H and O–H groups in total. The summed E-state index contributed by atoms with van der Waals surface area (Å²) in [7, 11) is -0.650. The minimum atomic E-state index is -2.21. The normalized spacial score (nSPS) is 22.0. The lowest BCUT2D eigenvalue weighted by molar-refractivity contribution is -0.119. The van der Waals surface area contributed by atoms with Gasteiger partial charge < -0.3 is 29.2 Å². The number of hydrogen-bond donors (Lipinski definition) is 2. The Morgan fingerprint density at radius 1 is 1.18 bits per heavy atom. The third-order valence-electron chi connectivity index (χ3n) is 8.30. The highest BCUT2D eigenvalue weighted by Gasteiger charge is 2.47. The maximum Gasteiger partial charge on any atom is 0.227 e. The van der Waals surface area contributed by atoms with Crippen molar-refractivity contribution in [2.75, 3.05) is 31.7 Å². The number of carbonyl (C=O) groups excluding carboxylic acids is 1. The number of fused-ring (bicyclic) bond motifs is 1. The summed E-state index contributed by atoms with van der Waals surface area (Å²) in [5.41, 5.74) is -0.256. The third-order valence-corrected chi connectivity index (χ3v) is 12.8. The summed E-state index contributed by atoms with van der Waals surface area (Å²) < 4.78 is 47.9. The van der Waals surface area contributed by atoms with E-state index in [1.54, 1.807) is 31.4 Å². The first-order chi connectivity index (χ1) is 18.3. The van der Waals surface area contributed by atoms with Crippen LogP contribution in [-0.4, -0.2) is 57.8 Å². The smallest absolute Gasteiger partial charge is 0.227 e. The molecule has 0 bridgehead atoms. The van der Waals surface area contributed by atoms with Gasteiger partial charge in [-0.15, -0.1) is 0 Å². The zero-order chi connectivity index (χ0) is 28.6. The standard InChI is InChI=1S/C29H40F2N2O5Si/c1-28(2,3)39(5,6)38-24-16-32-14-13-29(24,35)18-37-23-15-22(30)26(31)27-21(23)11-12-25(34)33(27)17-19-7-9-20(36-4)10-8-19/h7-10,15,24,32,35H,11-14,16-18H2,1-6H3. The van der Waals surface area contributed by atoms with Crippen LogP contribution in [0.25, 0.3) is 0 Å². The number of rotatable bonds is 8. The monoisotopic (exact) mass is 562 g/mol. The third kappa shape index (κ3) is 6.14. The van der Waals surface area contributed by atoms with E-state index in [1.165, 1.54) is 4.90 Å². The summed E-state index contributed by atoms with van der Waals surface area (Å²) in [6, 6.07) is 8.09. The quantitative estimate of drug-likeness (QED) is 0.444. The maximum absolute atomic E-state index is 15.2. The van der Waals surface area contributed by atoms with Gasteiger partial charge in [0.25, 0.3) is 0 Å². The van der Waals surface area contributed by atoms with E-state index in [0.29, 0.717) is 30.8 Å². The Hall–Kier alpha value is -2.53. The van der Waals surface area contributed by atoms with Gasteiger partial charge >= 0.3 is 0 Å². The van der Waals surface area contributed by atoms with Gasteiger partial charge in [0.2, 0.25) is 5.91 Å². The largest absolute Gasteiger partial charge is 0.497 e. The molecule has 39 heavy (non-hydrogen) atoms. The van der Waals surface area contributed by atoms with Crippen molar-refractivity contribution < 1.29 is 32.6 Å². The number of nitrogens with one attached hydrogen (secondary N) is 1. The molecule has 2 aromatic carbocycles. The average Bonchev–Trinajstić information content (AvgIpc) is 2.88. The summed E-state index contributed by atoms with van der Waals surface area (Å²) in [4.78, 5) is 14.2. The van der Waals surface area contributed by atoms with Crippen LogP contribution < -0.4 is 19.7 Å². The summed E-state index contributed by atoms with van der Waals surface area (Å²) in [6.45, 7) is 11.6. The lowest BCUT2D eigenvalue weighted by atomic mass is 9.90. The SMILES string of the molecule is COc1ccc(CN2C(=O)CCc3c(OCC4(O)CCNCC4O[Si](C)(C)C(C)(C)C)cc(F)c(F)c32)cc1. The molecule has 0 spiro atoms. The zero-order valence-electron chi connectivity index (χ0n) is 23.7. The van der Waals surface area contributed by atoms with Gasteiger partial charge in [0.1, 0.15) is 23.7 Å². The fourth-order valence-electron chi connectivity index (χ4n) is 4.79. The van der Waals surface area contributed by atoms with E-state index in [2.05, 4.69) is 39.2 Å². The number of aliphatic hydroxyl groups is 1. The van der Waals surface area contributed by atoms with Crippen molar-refractivity contribution in [2.45, 2.75) is 76.4 Å². The zero-order valence-corrected chi connectivity index (χ0v) is 24.7. The molecule has 0 radical (unpaired) electrons. The lowest BCUT2D eigenvalue weighted by Crippen LogP contribution is -2.62. The fourth-order valence-corrected chi connectivity index (χ4v) is 6.16.